The van der Waals surface area contributed by atoms with Gasteiger partial charge in [-0.05, 0) is 12.8 Å². The van der Waals surface area contributed by atoms with Crippen molar-refractivity contribution >= 4 is 10.1 Å². The average Bonchev–Trinajstić information content (AvgIpc) is 2.14. The number of rotatable bonds is 9. The predicted octanol–water partition coefficient (Wildman–Crippen LogP) is 1.99. The molecule has 0 amide bonds. The van der Waals surface area contributed by atoms with Crippen molar-refractivity contribution < 1.29 is 18.1 Å². The summed E-state index contributed by atoms with van der Waals surface area (Å²) in [7, 11) is -4.50. The number of hydrogen-bond donors (Lipinski definition) is 1. The highest BCUT2D eigenvalue weighted by Gasteiger charge is 2.10. The molecule has 0 aliphatic rings. The summed E-state index contributed by atoms with van der Waals surface area (Å²) < 4.78 is 31.0. The van der Waals surface area contributed by atoms with Gasteiger partial charge < -0.3 is 9.66 Å². The molecule has 0 aliphatic heterocycles. The fourth-order valence-electron chi connectivity index (χ4n) is 1.42. The SMILES string of the molecule is CCCCCCCCCC(O)S(=O)(=O)[O-]. The van der Waals surface area contributed by atoms with Gasteiger partial charge in [0.1, 0.15) is 15.6 Å². The molecule has 0 fully saturated rings. The van der Waals surface area contributed by atoms with Crippen LogP contribution in [-0.2, 0) is 10.1 Å². The van der Waals surface area contributed by atoms with Crippen LogP contribution in [0, 0.1) is 0 Å². The summed E-state index contributed by atoms with van der Waals surface area (Å²) in [6.07, 6.45) is 7.40. The van der Waals surface area contributed by atoms with Crippen LogP contribution in [0.4, 0.5) is 0 Å². The first-order chi connectivity index (χ1) is 6.98. The Hall–Kier alpha value is -0.130. The molecule has 0 aliphatic carbocycles. The molecule has 92 valence electrons. The maximum absolute atomic E-state index is 10.3. The highest BCUT2D eigenvalue weighted by atomic mass is 32.2. The first-order valence-corrected chi connectivity index (χ1v) is 7.08. The molecule has 0 aromatic heterocycles. The van der Waals surface area contributed by atoms with Crippen molar-refractivity contribution in [3.05, 3.63) is 0 Å². The second-order valence-corrected chi connectivity index (χ2v) is 5.39. The summed E-state index contributed by atoms with van der Waals surface area (Å²) >= 11 is 0. The van der Waals surface area contributed by atoms with Crippen molar-refractivity contribution in [2.75, 3.05) is 0 Å². The third kappa shape index (κ3) is 8.84. The van der Waals surface area contributed by atoms with Gasteiger partial charge in [-0.25, -0.2) is 8.42 Å². The Morgan fingerprint density at radius 1 is 1.07 bits per heavy atom. The zero-order chi connectivity index (χ0) is 11.7. The summed E-state index contributed by atoms with van der Waals surface area (Å²) in [5, 5.41) is 8.93. The van der Waals surface area contributed by atoms with E-state index >= 15 is 0 Å². The lowest BCUT2D eigenvalue weighted by Gasteiger charge is -2.14. The van der Waals surface area contributed by atoms with E-state index in [1.165, 1.54) is 19.3 Å². The van der Waals surface area contributed by atoms with E-state index in [9.17, 15) is 13.0 Å². The van der Waals surface area contributed by atoms with Crippen LogP contribution in [0.15, 0.2) is 0 Å². The molecular formula is C10H21O4S-. The fraction of sp³-hybridized carbons (Fsp3) is 1.00. The lowest BCUT2D eigenvalue weighted by molar-refractivity contribution is 0.217. The molecule has 0 saturated carbocycles. The lowest BCUT2D eigenvalue weighted by atomic mass is 10.1. The van der Waals surface area contributed by atoms with Crippen molar-refractivity contribution in [2.24, 2.45) is 0 Å². The van der Waals surface area contributed by atoms with Gasteiger partial charge in [-0.2, -0.15) is 0 Å². The first-order valence-electron chi connectivity index (χ1n) is 5.61. The molecule has 0 rings (SSSR count). The van der Waals surface area contributed by atoms with Crippen molar-refractivity contribution in [3.63, 3.8) is 0 Å². The van der Waals surface area contributed by atoms with Crippen molar-refractivity contribution in [2.45, 2.75) is 63.7 Å². The van der Waals surface area contributed by atoms with Crippen LogP contribution >= 0.6 is 0 Å². The Kier molecular flexibility index (Phi) is 8.00. The van der Waals surface area contributed by atoms with Gasteiger partial charge in [0, 0.05) is 0 Å². The standard InChI is InChI=1S/C10H22O4S/c1-2-3-4-5-6-7-8-9-10(11)15(12,13)14/h10-11H,2-9H2,1H3,(H,12,13,14)/p-1. The van der Waals surface area contributed by atoms with Crippen LogP contribution in [0.5, 0.6) is 0 Å². The second-order valence-electron chi connectivity index (χ2n) is 3.86. The van der Waals surface area contributed by atoms with Crippen molar-refractivity contribution in [1.29, 1.82) is 0 Å². The molecule has 4 nitrogen and oxygen atoms in total. The average molecular weight is 237 g/mol. The van der Waals surface area contributed by atoms with E-state index in [4.69, 9.17) is 5.11 Å². The van der Waals surface area contributed by atoms with E-state index in [0.717, 1.165) is 19.3 Å². The monoisotopic (exact) mass is 237 g/mol. The highest BCUT2D eigenvalue weighted by Crippen LogP contribution is 2.11. The molecule has 0 aromatic rings. The molecule has 0 aromatic carbocycles. The minimum atomic E-state index is -4.50. The zero-order valence-electron chi connectivity index (χ0n) is 9.31. The minimum absolute atomic E-state index is 0.0691. The summed E-state index contributed by atoms with van der Waals surface area (Å²) in [5.74, 6) is 0. The summed E-state index contributed by atoms with van der Waals surface area (Å²) in [5.41, 5.74) is -1.71. The van der Waals surface area contributed by atoms with Crippen LogP contribution in [0.25, 0.3) is 0 Å². The highest BCUT2D eigenvalue weighted by molar-refractivity contribution is 7.86. The van der Waals surface area contributed by atoms with E-state index in [1.54, 1.807) is 0 Å². The van der Waals surface area contributed by atoms with Gasteiger partial charge in [0.15, 0.2) is 0 Å². The minimum Gasteiger partial charge on any atom is -0.746 e. The van der Waals surface area contributed by atoms with E-state index in [1.807, 2.05) is 0 Å². The van der Waals surface area contributed by atoms with Crippen LogP contribution in [0.1, 0.15) is 58.3 Å². The van der Waals surface area contributed by atoms with Gasteiger partial charge in [0.25, 0.3) is 0 Å². The summed E-state index contributed by atoms with van der Waals surface area (Å²) in [4.78, 5) is 0. The molecule has 0 spiro atoms. The van der Waals surface area contributed by atoms with Crippen LogP contribution in [-0.4, -0.2) is 23.5 Å². The fourth-order valence-corrected chi connectivity index (χ4v) is 1.88. The molecule has 1 N–H and O–H groups in total. The molecule has 0 saturated heterocycles. The molecule has 0 bridgehead atoms. The van der Waals surface area contributed by atoms with Gasteiger partial charge in [0.2, 0.25) is 0 Å². The number of aliphatic hydroxyl groups is 1. The Labute approximate surface area is 92.4 Å². The van der Waals surface area contributed by atoms with Gasteiger partial charge in [-0.3, -0.25) is 0 Å². The third-order valence-corrected chi connectivity index (χ3v) is 3.29. The topological polar surface area (TPSA) is 77.4 Å². The Balaban J connectivity index is 3.32. The third-order valence-electron chi connectivity index (χ3n) is 2.39. The number of hydrogen-bond acceptors (Lipinski definition) is 4. The molecular weight excluding hydrogens is 216 g/mol. The van der Waals surface area contributed by atoms with Crippen molar-refractivity contribution in [3.8, 4) is 0 Å². The van der Waals surface area contributed by atoms with Crippen LogP contribution < -0.4 is 0 Å². The van der Waals surface area contributed by atoms with Crippen molar-refractivity contribution in [1.82, 2.24) is 0 Å². The maximum atomic E-state index is 10.3. The van der Waals surface area contributed by atoms with Gasteiger partial charge in [-0.1, -0.05) is 45.4 Å². The molecule has 1 unspecified atom stereocenters. The summed E-state index contributed by atoms with van der Waals surface area (Å²) in [6, 6.07) is 0. The maximum Gasteiger partial charge on any atom is 0.143 e. The van der Waals surface area contributed by atoms with Crippen LogP contribution in [0.3, 0.4) is 0 Å². The number of unbranched alkanes of at least 4 members (excludes halogenated alkanes) is 6. The Bertz CT molecular complexity index is 236. The predicted molar refractivity (Wildman–Crippen MR) is 58.3 cm³/mol. The molecule has 0 radical (unpaired) electrons. The largest absolute Gasteiger partial charge is 0.746 e. The van der Waals surface area contributed by atoms with Gasteiger partial charge in [0.05, 0.1) is 0 Å². The molecule has 5 heteroatoms. The molecule has 15 heavy (non-hydrogen) atoms. The quantitative estimate of drug-likeness (QED) is 0.491. The van der Waals surface area contributed by atoms with Gasteiger partial charge >= 0.3 is 0 Å². The lowest BCUT2D eigenvalue weighted by Crippen LogP contribution is -2.19. The zero-order valence-corrected chi connectivity index (χ0v) is 10.1. The van der Waals surface area contributed by atoms with E-state index in [2.05, 4.69) is 6.92 Å². The van der Waals surface area contributed by atoms with Crippen LogP contribution in [0.2, 0.25) is 0 Å². The van der Waals surface area contributed by atoms with E-state index in [0.29, 0.717) is 6.42 Å². The number of aliphatic hydroxyl groups excluding tert-OH is 1. The Morgan fingerprint density at radius 3 is 2.00 bits per heavy atom. The van der Waals surface area contributed by atoms with Gasteiger partial charge in [-0.15, -0.1) is 0 Å². The van der Waals surface area contributed by atoms with E-state index in [-0.39, 0.29) is 6.42 Å². The normalized spacial score (nSPS) is 14.1. The summed E-state index contributed by atoms with van der Waals surface area (Å²) in [6.45, 7) is 2.15. The Morgan fingerprint density at radius 2 is 1.53 bits per heavy atom. The second kappa shape index (κ2) is 8.07. The van der Waals surface area contributed by atoms with E-state index < -0.39 is 15.6 Å². The smallest absolute Gasteiger partial charge is 0.143 e. The molecule has 0 heterocycles. The molecule has 1 atom stereocenters. The first kappa shape index (κ1) is 14.9.